The molecule has 0 bridgehead atoms. The van der Waals surface area contributed by atoms with Crippen molar-refractivity contribution < 1.29 is 22.7 Å². The number of benzene rings is 2. The average molecular weight is 374 g/mol. The Kier molecular flexibility index (Phi) is 5.24. The summed E-state index contributed by atoms with van der Waals surface area (Å²) >= 11 is 0. The summed E-state index contributed by atoms with van der Waals surface area (Å²) in [6.45, 7) is 2.21. The van der Waals surface area contributed by atoms with Crippen molar-refractivity contribution in [3.05, 3.63) is 54.1 Å². The lowest BCUT2D eigenvalue weighted by Gasteiger charge is -2.05. The van der Waals surface area contributed by atoms with Crippen LogP contribution in [0.4, 0.5) is 5.69 Å². The van der Waals surface area contributed by atoms with Gasteiger partial charge in [0.05, 0.1) is 4.90 Å². The molecule has 26 heavy (non-hydrogen) atoms. The highest BCUT2D eigenvalue weighted by atomic mass is 32.2. The lowest BCUT2D eigenvalue weighted by molar-refractivity contribution is -0.111. The van der Waals surface area contributed by atoms with Crippen LogP contribution >= 0.6 is 0 Å². The Hall–Kier alpha value is -2.84. The van der Waals surface area contributed by atoms with Gasteiger partial charge in [-0.2, -0.15) is 0 Å². The van der Waals surface area contributed by atoms with E-state index in [0.717, 1.165) is 0 Å². The highest BCUT2D eigenvalue weighted by Gasteiger charge is 2.14. The van der Waals surface area contributed by atoms with E-state index < -0.39 is 10.0 Å². The molecule has 0 unspecified atom stereocenters. The minimum Gasteiger partial charge on any atom is -0.454 e. The predicted molar refractivity (Wildman–Crippen MR) is 97.5 cm³/mol. The molecule has 0 spiro atoms. The predicted octanol–water partition coefficient (Wildman–Crippen LogP) is 2.37. The topological polar surface area (TPSA) is 93.7 Å². The Balaban J connectivity index is 1.63. The molecule has 1 aliphatic heterocycles. The number of nitrogens with one attached hydrogen (secondary N) is 2. The summed E-state index contributed by atoms with van der Waals surface area (Å²) in [5.74, 6) is 0.920. The monoisotopic (exact) mass is 374 g/mol. The second-order valence-corrected chi connectivity index (χ2v) is 7.23. The summed E-state index contributed by atoms with van der Waals surface area (Å²) in [6.07, 6.45) is 2.98. The van der Waals surface area contributed by atoms with Crippen LogP contribution in [-0.4, -0.2) is 27.7 Å². The summed E-state index contributed by atoms with van der Waals surface area (Å²) in [7, 11) is -3.48. The van der Waals surface area contributed by atoms with Gasteiger partial charge < -0.3 is 14.8 Å². The average Bonchev–Trinajstić information content (AvgIpc) is 3.08. The molecule has 0 radical (unpaired) electrons. The normalized spacial score (nSPS) is 13.1. The molecule has 7 nitrogen and oxygen atoms in total. The molecule has 136 valence electrons. The first-order valence-electron chi connectivity index (χ1n) is 7.96. The van der Waals surface area contributed by atoms with Gasteiger partial charge >= 0.3 is 0 Å². The zero-order valence-electron chi connectivity index (χ0n) is 14.1. The zero-order valence-corrected chi connectivity index (χ0v) is 14.9. The summed E-state index contributed by atoms with van der Waals surface area (Å²) in [6, 6.07) is 11.4. The largest absolute Gasteiger partial charge is 0.454 e. The maximum atomic E-state index is 12.0. The summed E-state index contributed by atoms with van der Waals surface area (Å²) in [4.78, 5) is 12.2. The maximum Gasteiger partial charge on any atom is 0.248 e. The van der Waals surface area contributed by atoms with Crippen LogP contribution < -0.4 is 19.5 Å². The van der Waals surface area contributed by atoms with Crippen molar-refractivity contribution >= 4 is 27.7 Å². The number of fused-ring (bicyclic) bond motifs is 1. The van der Waals surface area contributed by atoms with E-state index in [1.165, 1.54) is 18.2 Å². The Bertz CT molecular complexity index is 937. The van der Waals surface area contributed by atoms with Gasteiger partial charge in [-0.15, -0.1) is 0 Å². The van der Waals surface area contributed by atoms with Crippen LogP contribution in [0.5, 0.6) is 11.5 Å². The van der Waals surface area contributed by atoms with Gasteiger partial charge in [-0.05, 0) is 35.9 Å². The quantitative estimate of drug-likeness (QED) is 0.757. The van der Waals surface area contributed by atoms with Gasteiger partial charge in [-0.25, -0.2) is 13.1 Å². The van der Waals surface area contributed by atoms with Gasteiger partial charge in [-0.1, -0.05) is 19.1 Å². The molecule has 2 N–H and O–H groups in total. The second kappa shape index (κ2) is 7.59. The Morgan fingerprint density at radius 1 is 1.12 bits per heavy atom. The molecule has 0 fully saturated rings. The van der Waals surface area contributed by atoms with Crippen LogP contribution in [0.2, 0.25) is 0 Å². The summed E-state index contributed by atoms with van der Waals surface area (Å²) in [5, 5.41) is 2.73. The van der Waals surface area contributed by atoms with Crippen LogP contribution in [0.1, 0.15) is 12.5 Å². The van der Waals surface area contributed by atoms with Crippen LogP contribution in [0.25, 0.3) is 6.08 Å². The lowest BCUT2D eigenvalue weighted by atomic mass is 10.2. The third-order valence-corrected chi connectivity index (χ3v) is 5.15. The smallest absolute Gasteiger partial charge is 0.248 e. The molecule has 1 amide bonds. The van der Waals surface area contributed by atoms with Gasteiger partial charge in [0.15, 0.2) is 11.5 Å². The molecule has 2 aromatic rings. The number of carbonyl (C=O) groups excluding carboxylic acids is 1. The molecular weight excluding hydrogens is 356 g/mol. The standard InChI is InChI=1S/C18H18N2O5S/c1-2-19-26(22,23)15-7-3-13(4-8-15)5-10-18(21)20-14-6-9-16-17(11-14)25-12-24-16/h3-11,19H,2,12H2,1H3,(H,20,21)/b10-5-. The van der Waals surface area contributed by atoms with E-state index in [1.54, 1.807) is 43.3 Å². The van der Waals surface area contributed by atoms with E-state index in [2.05, 4.69) is 10.0 Å². The van der Waals surface area contributed by atoms with Gasteiger partial charge in [-0.3, -0.25) is 4.79 Å². The Morgan fingerprint density at radius 3 is 2.58 bits per heavy atom. The third-order valence-electron chi connectivity index (χ3n) is 3.59. The van der Waals surface area contributed by atoms with Crippen LogP contribution in [-0.2, 0) is 14.8 Å². The van der Waals surface area contributed by atoms with E-state index in [4.69, 9.17) is 9.47 Å². The fourth-order valence-corrected chi connectivity index (χ4v) is 3.40. The number of hydrogen-bond acceptors (Lipinski definition) is 5. The molecule has 0 aliphatic carbocycles. The molecule has 2 aromatic carbocycles. The first kappa shape index (κ1) is 18.0. The Labute approximate surface area is 151 Å². The first-order valence-corrected chi connectivity index (χ1v) is 9.45. The van der Waals surface area contributed by atoms with E-state index in [0.29, 0.717) is 29.3 Å². The van der Waals surface area contributed by atoms with Crippen molar-refractivity contribution in [3.8, 4) is 11.5 Å². The number of amides is 1. The highest BCUT2D eigenvalue weighted by Crippen LogP contribution is 2.34. The molecular formula is C18H18N2O5S. The zero-order chi connectivity index (χ0) is 18.6. The number of anilines is 1. The molecule has 0 aromatic heterocycles. The maximum absolute atomic E-state index is 12.0. The van der Waals surface area contributed by atoms with Crippen LogP contribution in [0.15, 0.2) is 53.4 Å². The number of rotatable bonds is 6. The number of sulfonamides is 1. The van der Waals surface area contributed by atoms with Crippen molar-refractivity contribution in [2.24, 2.45) is 0 Å². The molecule has 0 saturated carbocycles. The van der Waals surface area contributed by atoms with Gasteiger partial charge in [0.1, 0.15) is 0 Å². The molecule has 0 saturated heterocycles. The minimum absolute atomic E-state index is 0.173. The molecule has 3 rings (SSSR count). The van der Waals surface area contributed by atoms with Crippen molar-refractivity contribution in [2.75, 3.05) is 18.7 Å². The molecule has 8 heteroatoms. The van der Waals surface area contributed by atoms with E-state index >= 15 is 0 Å². The fraction of sp³-hybridized carbons (Fsp3) is 0.167. The summed E-state index contributed by atoms with van der Waals surface area (Å²) in [5.41, 5.74) is 1.30. The minimum atomic E-state index is -3.48. The fourth-order valence-electron chi connectivity index (χ4n) is 2.36. The van der Waals surface area contributed by atoms with E-state index in [-0.39, 0.29) is 17.6 Å². The van der Waals surface area contributed by atoms with Crippen molar-refractivity contribution in [1.82, 2.24) is 4.72 Å². The second-order valence-electron chi connectivity index (χ2n) is 5.46. The van der Waals surface area contributed by atoms with Gasteiger partial charge in [0.25, 0.3) is 0 Å². The molecule has 1 heterocycles. The number of ether oxygens (including phenoxy) is 2. The third kappa shape index (κ3) is 4.22. The van der Waals surface area contributed by atoms with E-state index in [1.807, 2.05) is 0 Å². The lowest BCUT2D eigenvalue weighted by Crippen LogP contribution is -2.22. The van der Waals surface area contributed by atoms with Gasteiger partial charge in [0, 0.05) is 24.4 Å². The first-order chi connectivity index (χ1) is 12.5. The SMILES string of the molecule is CCNS(=O)(=O)c1ccc(/C=C\C(=O)Nc2ccc3c(c2)OCO3)cc1. The van der Waals surface area contributed by atoms with Gasteiger partial charge in [0.2, 0.25) is 22.7 Å². The Morgan fingerprint density at radius 2 is 1.85 bits per heavy atom. The van der Waals surface area contributed by atoms with Crippen molar-refractivity contribution in [3.63, 3.8) is 0 Å². The molecule has 0 atom stereocenters. The molecule has 1 aliphatic rings. The number of carbonyl (C=O) groups is 1. The van der Waals surface area contributed by atoms with Crippen molar-refractivity contribution in [2.45, 2.75) is 11.8 Å². The van der Waals surface area contributed by atoms with Crippen LogP contribution in [0.3, 0.4) is 0 Å². The van der Waals surface area contributed by atoms with E-state index in [9.17, 15) is 13.2 Å². The van der Waals surface area contributed by atoms with Crippen LogP contribution in [0, 0.1) is 0 Å². The number of hydrogen-bond donors (Lipinski definition) is 2. The summed E-state index contributed by atoms with van der Waals surface area (Å²) < 4.78 is 36.7. The highest BCUT2D eigenvalue weighted by molar-refractivity contribution is 7.89. The van der Waals surface area contributed by atoms with Crippen molar-refractivity contribution in [1.29, 1.82) is 0 Å².